The fraction of sp³-hybridized carbons (Fsp3) is 0.407. The predicted octanol–water partition coefficient (Wildman–Crippen LogP) is 4.08. The van der Waals surface area contributed by atoms with Crippen molar-refractivity contribution >= 4 is 29.6 Å². The second kappa shape index (κ2) is 13.9. The number of carbonyl (C=O) groups excluding carboxylic acids is 4. The first-order valence-electron chi connectivity index (χ1n) is 11.9. The van der Waals surface area contributed by atoms with Crippen molar-refractivity contribution in [1.82, 2.24) is 5.32 Å². The summed E-state index contributed by atoms with van der Waals surface area (Å²) in [6.45, 7) is 7.43. The van der Waals surface area contributed by atoms with Gasteiger partial charge in [-0.25, -0.2) is 9.59 Å². The van der Waals surface area contributed by atoms with E-state index in [9.17, 15) is 19.2 Å². The monoisotopic (exact) mass is 498 g/mol. The Morgan fingerprint density at radius 1 is 0.917 bits per heavy atom. The van der Waals surface area contributed by atoms with Crippen LogP contribution in [0.4, 0.5) is 10.5 Å². The number of rotatable bonds is 11. The Balaban J connectivity index is 2.12. The molecule has 0 spiro atoms. The minimum atomic E-state index is -1.00. The average molecular weight is 499 g/mol. The molecule has 0 fully saturated rings. The lowest BCUT2D eigenvalue weighted by Gasteiger charge is -2.23. The molecule has 9 nitrogen and oxygen atoms in total. The van der Waals surface area contributed by atoms with Gasteiger partial charge in [-0.15, -0.1) is 0 Å². The summed E-state index contributed by atoms with van der Waals surface area (Å²) in [6.07, 6.45) is -0.511. The number of ether oxygens (including phenoxy) is 3. The summed E-state index contributed by atoms with van der Waals surface area (Å²) in [5, 5.41) is 2.65. The quantitative estimate of drug-likeness (QED) is 0.367. The van der Waals surface area contributed by atoms with Gasteiger partial charge in [0, 0.05) is 19.0 Å². The highest BCUT2D eigenvalue weighted by Crippen LogP contribution is 2.26. The van der Waals surface area contributed by atoms with Crippen molar-refractivity contribution < 1.29 is 33.4 Å². The lowest BCUT2D eigenvalue weighted by atomic mass is 10.0. The Hall–Kier alpha value is -3.88. The Morgan fingerprint density at radius 3 is 2.11 bits per heavy atom. The number of anilines is 1. The molecule has 0 unspecified atom stereocenters. The van der Waals surface area contributed by atoms with Gasteiger partial charge in [-0.3, -0.25) is 14.5 Å². The molecule has 194 valence electrons. The summed E-state index contributed by atoms with van der Waals surface area (Å²) in [5.41, 5.74) is 3.16. The Kier molecular flexibility index (Phi) is 10.9. The van der Waals surface area contributed by atoms with Gasteiger partial charge in [0.15, 0.2) is 0 Å². The third-order valence-electron chi connectivity index (χ3n) is 5.39. The lowest BCUT2D eigenvalue weighted by molar-refractivity contribution is -0.146. The number of carbonyl (C=O) groups is 4. The van der Waals surface area contributed by atoms with Crippen molar-refractivity contribution in [3.63, 3.8) is 0 Å². The Labute approximate surface area is 211 Å². The molecule has 2 rings (SSSR count). The van der Waals surface area contributed by atoms with Crippen molar-refractivity contribution in [3.8, 4) is 0 Å². The van der Waals surface area contributed by atoms with Crippen LogP contribution in [-0.2, 0) is 30.4 Å². The number of amides is 2. The molecule has 2 amide bonds. The van der Waals surface area contributed by atoms with E-state index in [1.54, 1.807) is 46.9 Å². The van der Waals surface area contributed by atoms with Crippen LogP contribution in [0.25, 0.3) is 0 Å². The molecule has 0 aliphatic heterocycles. The van der Waals surface area contributed by atoms with Gasteiger partial charge in [-0.05, 0) is 62.9 Å². The second-order valence-electron chi connectivity index (χ2n) is 8.18. The highest BCUT2D eigenvalue weighted by Gasteiger charge is 2.25. The zero-order valence-corrected chi connectivity index (χ0v) is 21.5. The number of benzene rings is 2. The summed E-state index contributed by atoms with van der Waals surface area (Å²) in [6, 6.07) is 11.6. The number of hydrogen-bond acceptors (Lipinski definition) is 7. The zero-order chi connectivity index (χ0) is 26.7. The smallest absolute Gasteiger partial charge is 0.414 e. The Morgan fingerprint density at radius 2 is 1.53 bits per heavy atom. The topological polar surface area (TPSA) is 111 Å². The minimum absolute atomic E-state index is 0.0372. The molecular formula is C27H34N2O7. The van der Waals surface area contributed by atoms with Crippen LogP contribution in [-0.4, -0.2) is 50.2 Å². The molecule has 2 aromatic carbocycles. The van der Waals surface area contributed by atoms with Gasteiger partial charge in [0.2, 0.25) is 0 Å². The molecule has 0 bridgehead atoms. The maximum absolute atomic E-state index is 13.0. The number of hydrogen-bond donors (Lipinski definition) is 1. The van der Waals surface area contributed by atoms with Crippen LogP contribution >= 0.6 is 0 Å². The zero-order valence-electron chi connectivity index (χ0n) is 21.5. The van der Waals surface area contributed by atoms with E-state index in [1.807, 2.05) is 30.3 Å². The number of aryl methyl sites for hydroxylation is 2. The van der Waals surface area contributed by atoms with Crippen LogP contribution < -0.4 is 10.2 Å². The molecule has 0 saturated heterocycles. The van der Waals surface area contributed by atoms with Crippen molar-refractivity contribution in [2.45, 2.75) is 53.2 Å². The van der Waals surface area contributed by atoms with Gasteiger partial charge >= 0.3 is 18.0 Å². The van der Waals surface area contributed by atoms with Crippen LogP contribution in [0.5, 0.6) is 0 Å². The second-order valence-corrected chi connectivity index (χ2v) is 8.18. The number of esters is 2. The van der Waals surface area contributed by atoms with Gasteiger partial charge < -0.3 is 19.5 Å². The summed E-state index contributed by atoms with van der Waals surface area (Å²) in [4.78, 5) is 51.1. The van der Waals surface area contributed by atoms with E-state index < -0.39 is 30.0 Å². The van der Waals surface area contributed by atoms with Gasteiger partial charge in [-0.2, -0.15) is 0 Å². The molecule has 0 radical (unpaired) electrons. The van der Waals surface area contributed by atoms with Gasteiger partial charge in [0.1, 0.15) is 12.6 Å². The van der Waals surface area contributed by atoms with E-state index >= 15 is 0 Å². The van der Waals surface area contributed by atoms with Crippen molar-refractivity contribution in [3.05, 3.63) is 64.7 Å². The first-order chi connectivity index (χ1) is 17.2. The van der Waals surface area contributed by atoms with Crippen molar-refractivity contribution in [1.29, 1.82) is 0 Å². The third-order valence-corrected chi connectivity index (χ3v) is 5.39. The highest BCUT2D eigenvalue weighted by molar-refractivity contribution is 5.98. The molecule has 0 aromatic heterocycles. The average Bonchev–Trinajstić information content (AvgIpc) is 2.85. The van der Waals surface area contributed by atoms with E-state index in [0.717, 1.165) is 5.56 Å². The largest absolute Gasteiger partial charge is 0.466 e. The number of nitrogens with zero attached hydrogens (tertiary/aromatic N) is 1. The lowest BCUT2D eigenvalue weighted by Crippen LogP contribution is -2.42. The van der Waals surface area contributed by atoms with Gasteiger partial charge in [-0.1, -0.05) is 30.3 Å². The fourth-order valence-corrected chi connectivity index (χ4v) is 3.75. The van der Waals surface area contributed by atoms with Gasteiger partial charge in [0.05, 0.1) is 18.9 Å². The molecule has 0 aliphatic rings. The van der Waals surface area contributed by atoms with Crippen LogP contribution in [0.3, 0.4) is 0 Å². The first kappa shape index (κ1) is 28.4. The van der Waals surface area contributed by atoms with Crippen LogP contribution in [0.15, 0.2) is 42.5 Å². The standard InChI is InChI=1S/C27H34N2O7/c1-6-34-23(30)14-13-22(26(32)35-7-2)28-25(31)21-15-18(3)24(19(4)16-21)29(5)27(33)36-17-20-11-9-8-10-12-20/h8-12,15-16,22H,6-7,13-14,17H2,1-5H3,(H,28,31)/t22-/m0/s1. The normalized spacial score (nSPS) is 11.2. The van der Waals surface area contributed by atoms with E-state index in [1.165, 1.54) is 4.90 Å². The number of nitrogens with one attached hydrogen (secondary N) is 1. The van der Waals surface area contributed by atoms with Gasteiger partial charge in [0.25, 0.3) is 5.91 Å². The molecule has 36 heavy (non-hydrogen) atoms. The van der Waals surface area contributed by atoms with E-state index in [0.29, 0.717) is 22.4 Å². The molecule has 0 heterocycles. The summed E-state index contributed by atoms with van der Waals surface area (Å²) >= 11 is 0. The molecule has 1 N–H and O–H groups in total. The Bertz CT molecular complexity index is 1050. The fourth-order valence-electron chi connectivity index (χ4n) is 3.75. The summed E-state index contributed by atoms with van der Waals surface area (Å²) in [7, 11) is 1.61. The SMILES string of the molecule is CCOC(=O)CC[C@H](NC(=O)c1cc(C)c(N(C)C(=O)OCc2ccccc2)c(C)c1)C(=O)OCC. The van der Waals surface area contributed by atoms with Crippen LogP contribution in [0, 0.1) is 13.8 Å². The molecule has 0 saturated carbocycles. The summed E-state index contributed by atoms with van der Waals surface area (Å²) in [5.74, 6) is -1.58. The molecule has 1 atom stereocenters. The van der Waals surface area contributed by atoms with Crippen molar-refractivity contribution in [2.75, 3.05) is 25.2 Å². The molecule has 2 aromatic rings. The van der Waals surface area contributed by atoms with E-state index in [-0.39, 0.29) is 32.7 Å². The molecule has 0 aliphatic carbocycles. The predicted molar refractivity (Wildman–Crippen MR) is 135 cm³/mol. The van der Waals surface area contributed by atoms with E-state index in [4.69, 9.17) is 14.2 Å². The van der Waals surface area contributed by atoms with E-state index in [2.05, 4.69) is 5.32 Å². The summed E-state index contributed by atoms with van der Waals surface area (Å²) < 4.78 is 15.4. The van der Waals surface area contributed by atoms with Crippen molar-refractivity contribution in [2.24, 2.45) is 0 Å². The molecular weight excluding hydrogens is 464 g/mol. The highest BCUT2D eigenvalue weighted by atomic mass is 16.6. The third kappa shape index (κ3) is 8.11. The van der Waals surface area contributed by atoms with Crippen LogP contribution in [0.1, 0.15) is 53.7 Å². The maximum Gasteiger partial charge on any atom is 0.414 e. The first-order valence-corrected chi connectivity index (χ1v) is 11.9. The molecule has 9 heteroatoms. The van der Waals surface area contributed by atoms with Crippen LogP contribution in [0.2, 0.25) is 0 Å². The maximum atomic E-state index is 13.0. The minimum Gasteiger partial charge on any atom is -0.466 e.